The first-order valence-corrected chi connectivity index (χ1v) is 9.80. The van der Waals surface area contributed by atoms with Crippen molar-refractivity contribution in [2.75, 3.05) is 24.4 Å². The van der Waals surface area contributed by atoms with E-state index in [1.807, 2.05) is 66.7 Å². The second-order valence-corrected chi connectivity index (χ2v) is 7.08. The van der Waals surface area contributed by atoms with Gasteiger partial charge in [0.1, 0.15) is 17.7 Å². The van der Waals surface area contributed by atoms with Gasteiger partial charge in [0, 0.05) is 11.3 Å². The maximum absolute atomic E-state index is 5.60. The fourth-order valence-corrected chi connectivity index (χ4v) is 3.81. The number of nitrogens with zero attached hydrogens (tertiary/aromatic N) is 1. The van der Waals surface area contributed by atoms with Gasteiger partial charge in [0.25, 0.3) is 0 Å². The molecule has 3 aromatic rings. The summed E-state index contributed by atoms with van der Waals surface area (Å²) in [6.07, 6.45) is -0.0219. The zero-order valence-electron chi connectivity index (χ0n) is 16.3. The molecule has 1 aliphatic heterocycles. The van der Waals surface area contributed by atoms with Crippen molar-refractivity contribution < 1.29 is 9.47 Å². The van der Waals surface area contributed by atoms with Crippen LogP contribution in [0.3, 0.4) is 0 Å². The smallest absolute Gasteiger partial charge is 0.172 e. The Morgan fingerprint density at radius 1 is 0.828 bits per heavy atom. The fraction of sp³-hybridized carbons (Fsp3) is 0.174. The van der Waals surface area contributed by atoms with Crippen molar-refractivity contribution in [2.45, 2.75) is 12.2 Å². The van der Waals surface area contributed by atoms with Gasteiger partial charge in [0.2, 0.25) is 0 Å². The van der Waals surface area contributed by atoms with Crippen molar-refractivity contribution in [3.63, 3.8) is 0 Å². The van der Waals surface area contributed by atoms with Crippen LogP contribution in [0.5, 0.6) is 11.5 Å². The van der Waals surface area contributed by atoms with Crippen LogP contribution in [0.2, 0.25) is 0 Å². The van der Waals surface area contributed by atoms with Crippen LogP contribution in [-0.4, -0.2) is 25.5 Å². The number of anilines is 2. The zero-order valence-corrected chi connectivity index (χ0v) is 17.1. The van der Waals surface area contributed by atoms with Crippen LogP contribution in [-0.2, 0) is 0 Å². The van der Waals surface area contributed by atoms with Gasteiger partial charge in [-0.2, -0.15) is 0 Å². The standard InChI is InChI=1S/C23H23N3O2S/c1-27-19-14-8-6-12-17(19)21-22(25-23(29)24-16-10-4-3-5-11-16)26(21)18-13-7-9-15-20(18)28-2/h3-15,21-22H,1-2H3,(H2,24,25,29)/t21-,22?,26?/m0/s1. The lowest BCUT2D eigenvalue weighted by Gasteiger charge is -2.13. The third-order valence-electron chi connectivity index (χ3n) is 4.94. The van der Waals surface area contributed by atoms with Crippen molar-refractivity contribution in [1.29, 1.82) is 0 Å². The molecule has 29 heavy (non-hydrogen) atoms. The van der Waals surface area contributed by atoms with Gasteiger partial charge < -0.3 is 25.0 Å². The fourth-order valence-electron chi connectivity index (χ4n) is 3.58. The number of methoxy groups -OCH3 is 2. The number of rotatable bonds is 6. The summed E-state index contributed by atoms with van der Waals surface area (Å²) in [5.41, 5.74) is 3.05. The average molecular weight is 406 g/mol. The number of thiocarbonyl (C=S) groups is 1. The Bertz CT molecular complexity index is 943. The molecule has 1 aliphatic rings. The second-order valence-electron chi connectivity index (χ2n) is 6.68. The molecule has 5 nitrogen and oxygen atoms in total. The Morgan fingerprint density at radius 3 is 2.17 bits per heavy atom. The van der Waals surface area contributed by atoms with E-state index in [0.717, 1.165) is 28.4 Å². The molecule has 4 rings (SSSR count). The highest BCUT2D eigenvalue weighted by molar-refractivity contribution is 7.80. The van der Waals surface area contributed by atoms with Gasteiger partial charge in [0.15, 0.2) is 5.11 Å². The van der Waals surface area contributed by atoms with Crippen LogP contribution in [0.4, 0.5) is 11.4 Å². The maximum Gasteiger partial charge on any atom is 0.172 e. The molecule has 0 radical (unpaired) electrons. The van der Waals surface area contributed by atoms with Gasteiger partial charge in [-0.25, -0.2) is 0 Å². The van der Waals surface area contributed by atoms with E-state index in [0.29, 0.717) is 5.11 Å². The topological polar surface area (TPSA) is 45.5 Å². The number of nitrogens with one attached hydrogen (secondary N) is 2. The molecule has 1 unspecified atom stereocenters. The van der Waals surface area contributed by atoms with E-state index in [1.165, 1.54) is 0 Å². The van der Waals surface area contributed by atoms with E-state index in [-0.39, 0.29) is 12.2 Å². The Kier molecular flexibility index (Phi) is 5.53. The SMILES string of the molecule is COc1ccccc1[C@H]1C(NC(=S)Nc2ccccc2)N1c1ccccc1OC. The Labute approximate surface area is 176 Å². The minimum Gasteiger partial charge on any atom is -0.496 e. The highest BCUT2D eigenvalue weighted by Crippen LogP contribution is 2.50. The molecule has 1 fully saturated rings. The molecule has 0 aliphatic carbocycles. The Balaban J connectivity index is 1.61. The molecule has 2 atom stereocenters. The van der Waals surface area contributed by atoms with Crippen LogP contribution in [0.15, 0.2) is 78.9 Å². The predicted octanol–water partition coefficient (Wildman–Crippen LogP) is 4.58. The van der Waals surface area contributed by atoms with E-state index in [2.05, 4.69) is 27.7 Å². The van der Waals surface area contributed by atoms with Crippen molar-refractivity contribution >= 4 is 28.7 Å². The number of benzene rings is 3. The van der Waals surface area contributed by atoms with Crippen LogP contribution in [0, 0.1) is 0 Å². The minimum absolute atomic E-state index is 0.0219. The first kappa shape index (κ1) is 19.1. The van der Waals surface area contributed by atoms with Crippen molar-refractivity contribution in [1.82, 2.24) is 5.32 Å². The molecule has 6 heteroatoms. The number of ether oxygens (including phenoxy) is 2. The lowest BCUT2D eigenvalue weighted by molar-refractivity contribution is 0.409. The summed E-state index contributed by atoms with van der Waals surface area (Å²) in [5.74, 6) is 1.67. The summed E-state index contributed by atoms with van der Waals surface area (Å²) in [5, 5.41) is 7.25. The number of hydrogen-bond acceptors (Lipinski definition) is 4. The Morgan fingerprint density at radius 2 is 1.45 bits per heavy atom. The van der Waals surface area contributed by atoms with E-state index >= 15 is 0 Å². The lowest BCUT2D eigenvalue weighted by Crippen LogP contribution is -2.33. The van der Waals surface area contributed by atoms with E-state index < -0.39 is 0 Å². The first-order chi connectivity index (χ1) is 14.2. The van der Waals surface area contributed by atoms with Gasteiger partial charge in [-0.05, 0) is 42.5 Å². The van der Waals surface area contributed by atoms with E-state index in [1.54, 1.807) is 14.2 Å². The molecule has 0 spiro atoms. The average Bonchev–Trinajstić information content (AvgIpc) is 3.46. The number of para-hydroxylation sites is 4. The second kappa shape index (κ2) is 8.41. The normalized spacial score (nSPS) is 17.4. The monoisotopic (exact) mass is 405 g/mol. The summed E-state index contributed by atoms with van der Waals surface area (Å²) < 4.78 is 11.2. The highest BCUT2D eigenvalue weighted by atomic mass is 32.1. The van der Waals surface area contributed by atoms with Crippen molar-refractivity contribution in [3.05, 3.63) is 84.4 Å². The quantitative estimate of drug-likeness (QED) is 0.462. The molecule has 0 amide bonds. The summed E-state index contributed by atoms with van der Waals surface area (Å²) >= 11 is 5.57. The van der Waals surface area contributed by atoms with Crippen LogP contribution < -0.4 is 25.0 Å². The highest BCUT2D eigenvalue weighted by Gasteiger charge is 2.51. The molecule has 2 N–H and O–H groups in total. The first-order valence-electron chi connectivity index (χ1n) is 9.39. The summed E-state index contributed by atoms with van der Waals surface area (Å²) in [4.78, 5) is 2.25. The lowest BCUT2D eigenvalue weighted by atomic mass is 10.1. The van der Waals surface area contributed by atoms with Crippen LogP contribution in [0.25, 0.3) is 0 Å². The molecule has 1 saturated heterocycles. The summed E-state index contributed by atoms with van der Waals surface area (Å²) in [6, 6.07) is 26.0. The zero-order chi connectivity index (χ0) is 20.2. The van der Waals surface area contributed by atoms with Gasteiger partial charge >= 0.3 is 0 Å². The molecule has 0 saturated carbocycles. The molecule has 1 heterocycles. The minimum atomic E-state index is -0.0219. The number of hydrogen-bond donors (Lipinski definition) is 2. The molecule has 148 valence electrons. The van der Waals surface area contributed by atoms with Gasteiger partial charge in [0.05, 0.1) is 25.9 Å². The summed E-state index contributed by atoms with van der Waals surface area (Å²) in [7, 11) is 3.38. The largest absolute Gasteiger partial charge is 0.496 e. The van der Waals surface area contributed by atoms with Gasteiger partial charge in [-0.3, -0.25) is 0 Å². The predicted molar refractivity (Wildman–Crippen MR) is 121 cm³/mol. The van der Waals surface area contributed by atoms with Gasteiger partial charge in [-0.15, -0.1) is 0 Å². The molecular formula is C23H23N3O2S. The van der Waals surface area contributed by atoms with E-state index in [9.17, 15) is 0 Å². The van der Waals surface area contributed by atoms with Crippen LogP contribution in [0.1, 0.15) is 11.6 Å². The molecule has 3 aromatic carbocycles. The maximum atomic E-state index is 5.60. The molecular weight excluding hydrogens is 382 g/mol. The van der Waals surface area contributed by atoms with Crippen molar-refractivity contribution in [3.8, 4) is 11.5 Å². The third kappa shape index (κ3) is 3.98. The van der Waals surface area contributed by atoms with Gasteiger partial charge in [-0.1, -0.05) is 48.5 Å². The molecule has 0 bridgehead atoms. The third-order valence-corrected chi connectivity index (χ3v) is 5.16. The van der Waals surface area contributed by atoms with Crippen molar-refractivity contribution in [2.24, 2.45) is 0 Å². The molecule has 0 aromatic heterocycles. The van der Waals surface area contributed by atoms with Crippen LogP contribution >= 0.6 is 12.2 Å². The van der Waals surface area contributed by atoms with E-state index in [4.69, 9.17) is 21.7 Å². The summed E-state index contributed by atoms with van der Waals surface area (Å²) in [6.45, 7) is 0. The Hall–Kier alpha value is -3.25.